The van der Waals surface area contributed by atoms with Gasteiger partial charge in [0.15, 0.2) is 5.92 Å². The Labute approximate surface area is 366 Å². The molecule has 0 saturated carbocycles. The van der Waals surface area contributed by atoms with Crippen LogP contribution in [0, 0.1) is 5.92 Å². The smallest absolute Gasteiger partial charge is 0.320 e. The van der Waals surface area contributed by atoms with Gasteiger partial charge in [0.05, 0.1) is 13.2 Å². The third kappa shape index (κ3) is 28.2. The number of carbonyl (C=O) groups excluding carboxylic acids is 2. The van der Waals surface area contributed by atoms with Crippen LogP contribution in [0.25, 0.3) is 0 Å². The van der Waals surface area contributed by atoms with Crippen LogP contribution < -0.4 is 0 Å². The molecule has 5 heteroatoms. The van der Waals surface area contributed by atoms with E-state index in [2.05, 4.69) is 61.5 Å². The predicted molar refractivity (Wildman–Crippen MR) is 254 cm³/mol. The molecule has 1 rings (SSSR count). The van der Waals surface area contributed by atoms with E-state index in [4.69, 9.17) is 9.47 Å². The number of aromatic hydroxyl groups is 1. The molecule has 0 atom stereocenters. The largest absolute Gasteiger partial charge is 0.507 e. The summed E-state index contributed by atoms with van der Waals surface area (Å²) in [5.74, 6) is -2.03. The molecule has 344 valence electrons. The molecule has 1 aromatic rings. The molecule has 0 aliphatic carbocycles. The molecule has 0 unspecified atom stereocenters. The van der Waals surface area contributed by atoms with Crippen molar-refractivity contribution in [2.75, 3.05) is 13.2 Å². The van der Waals surface area contributed by atoms with Crippen LogP contribution in [0.15, 0.2) is 12.1 Å². The molecular weight excluding hydrogens is 729 g/mol. The number of ether oxygens (including phenoxy) is 2. The normalized spacial score (nSPS) is 12.1. The van der Waals surface area contributed by atoms with Gasteiger partial charge in [-0.3, -0.25) is 9.59 Å². The van der Waals surface area contributed by atoms with Crippen molar-refractivity contribution in [1.29, 1.82) is 0 Å². The van der Waals surface area contributed by atoms with Gasteiger partial charge in [-0.25, -0.2) is 0 Å². The zero-order valence-corrected chi connectivity index (χ0v) is 40.6. The van der Waals surface area contributed by atoms with Gasteiger partial charge < -0.3 is 14.6 Å². The number of hydrogen-bond acceptors (Lipinski definition) is 5. The minimum absolute atomic E-state index is 0.0639. The number of phenols is 1. The summed E-state index contributed by atoms with van der Waals surface area (Å²) >= 11 is 0. The zero-order chi connectivity index (χ0) is 43.6. The molecule has 5 nitrogen and oxygen atoms in total. The summed E-state index contributed by atoms with van der Waals surface area (Å²) in [5, 5.41) is 11.5. The zero-order valence-electron chi connectivity index (χ0n) is 40.6. The standard InChI is InChI=1S/C54H98O5/c1-9-11-13-15-17-19-21-23-25-27-29-31-33-35-37-39-41-58-51(56)48(44-46-43-47(53(3,4)5)45-49(50(46)55)54(6,7)8)52(57)59-42-40-38-36-34-32-30-28-26-24-22-20-18-16-14-12-10-2/h43,45,48,55H,9-42,44H2,1-8H3. The highest BCUT2D eigenvalue weighted by Gasteiger charge is 2.33. The van der Waals surface area contributed by atoms with Gasteiger partial charge in [-0.05, 0) is 46.8 Å². The number of benzene rings is 1. The lowest BCUT2D eigenvalue weighted by Gasteiger charge is -2.28. The van der Waals surface area contributed by atoms with Crippen LogP contribution in [-0.2, 0) is 36.3 Å². The molecule has 0 saturated heterocycles. The first-order valence-corrected chi connectivity index (χ1v) is 25.5. The molecule has 1 aromatic carbocycles. The van der Waals surface area contributed by atoms with Crippen molar-refractivity contribution >= 4 is 11.9 Å². The van der Waals surface area contributed by atoms with E-state index in [-0.39, 0.29) is 23.0 Å². The Morgan fingerprint density at radius 2 is 0.746 bits per heavy atom. The van der Waals surface area contributed by atoms with Gasteiger partial charge in [0, 0.05) is 0 Å². The van der Waals surface area contributed by atoms with Crippen LogP contribution in [0.3, 0.4) is 0 Å². The second kappa shape index (κ2) is 34.5. The molecule has 0 radical (unpaired) electrons. The molecule has 0 amide bonds. The van der Waals surface area contributed by atoms with Gasteiger partial charge in [-0.2, -0.15) is 0 Å². The summed E-state index contributed by atoms with van der Waals surface area (Å²) in [7, 11) is 0. The Morgan fingerprint density at radius 3 is 1.02 bits per heavy atom. The van der Waals surface area contributed by atoms with Crippen LogP contribution >= 0.6 is 0 Å². The first kappa shape index (κ1) is 55.0. The quantitative estimate of drug-likeness (QED) is 0.0408. The minimum Gasteiger partial charge on any atom is -0.507 e. The number of esters is 2. The Hall–Kier alpha value is -2.04. The van der Waals surface area contributed by atoms with Crippen molar-refractivity contribution in [2.24, 2.45) is 5.92 Å². The van der Waals surface area contributed by atoms with E-state index in [0.29, 0.717) is 18.8 Å². The second-order valence-electron chi connectivity index (χ2n) is 20.2. The van der Waals surface area contributed by atoms with Gasteiger partial charge in [0.25, 0.3) is 0 Å². The third-order valence-electron chi connectivity index (χ3n) is 12.3. The van der Waals surface area contributed by atoms with Crippen LogP contribution in [0.2, 0.25) is 0 Å². The van der Waals surface area contributed by atoms with Crippen LogP contribution in [0.5, 0.6) is 5.75 Å². The summed E-state index contributed by atoms with van der Waals surface area (Å²) in [6.07, 6.45) is 41.3. The number of carbonyl (C=O) groups is 2. The SMILES string of the molecule is CCCCCCCCCCCCCCCCCCOC(=O)C(Cc1cc(C(C)(C)C)cc(C(C)(C)C)c1O)C(=O)OCCCCCCCCCCCCCCCCCC. The van der Waals surface area contributed by atoms with E-state index in [9.17, 15) is 14.7 Å². The fraction of sp³-hybridized carbons (Fsp3) is 0.852. The van der Waals surface area contributed by atoms with E-state index in [1.807, 2.05) is 6.07 Å². The minimum atomic E-state index is -1.11. The first-order valence-electron chi connectivity index (χ1n) is 25.5. The number of rotatable bonds is 38. The highest BCUT2D eigenvalue weighted by molar-refractivity contribution is 5.95. The Kier molecular flexibility index (Phi) is 32.2. The van der Waals surface area contributed by atoms with Crippen LogP contribution in [0.1, 0.15) is 278 Å². The fourth-order valence-corrected chi connectivity index (χ4v) is 8.18. The Morgan fingerprint density at radius 1 is 0.458 bits per heavy atom. The van der Waals surface area contributed by atoms with Gasteiger partial charge in [-0.15, -0.1) is 0 Å². The van der Waals surface area contributed by atoms with E-state index >= 15 is 0 Å². The Bertz CT molecular complexity index is 1120. The Balaban J connectivity index is 2.54. The summed E-state index contributed by atoms with van der Waals surface area (Å²) in [6.45, 7) is 17.8. The van der Waals surface area contributed by atoms with E-state index in [1.54, 1.807) is 0 Å². The van der Waals surface area contributed by atoms with Crippen molar-refractivity contribution in [3.05, 3.63) is 28.8 Å². The lowest BCUT2D eigenvalue weighted by atomic mass is 9.78. The van der Waals surface area contributed by atoms with Gasteiger partial charge in [0.2, 0.25) is 0 Å². The van der Waals surface area contributed by atoms with Gasteiger partial charge in [-0.1, -0.05) is 260 Å². The fourth-order valence-electron chi connectivity index (χ4n) is 8.18. The molecule has 0 fully saturated rings. The third-order valence-corrected chi connectivity index (χ3v) is 12.3. The van der Waals surface area contributed by atoms with Gasteiger partial charge in [0.1, 0.15) is 5.75 Å². The summed E-state index contributed by atoms with van der Waals surface area (Å²) in [5.41, 5.74) is 2.01. The molecule has 1 N–H and O–H groups in total. The van der Waals surface area contributed by atoms with Crippen molar-refractivity contribution in [2.45, 2.75) is 278 Å². The molecule has 0 bridgehead atoms. The predicted octanol–water partition coefficient (Wildman–Crippen LogP) is 16.8. The number of phenolic OH excluding ortho intramolecular Hbond substituents is 1. The monoisotopic (exact) mass is 827 g/mol. The topological polar surface area (TPSA) is 72.8 Å². The van der Waals surface area contributed by atoms with Crippen molar-refractivity contribution in [3.63, 3.8) is 0 Å². The molecule has 0 aromatic heterocycles. The van der Waals surface area contributed by atoms with Crippen molar-refractivity contribution in [3.8, 4) is 5.75 Å². The maximum atomic E-state index is 13.6. The maximum absolute atomic E-state index is 13.6. The average molecular weight is 827 g/mol. The summed E-state index contributed by atoms with van der Waals surface area (Å²) < 4.78 is 11.5. The molecule has 0 aliphatic heterocycles. The van der Waals surface area contributed by atoms with Crippen molar-refractivity contribution in [1.82, 2.24) is 0 Å². The second-order valence-corrected chi connectivity index (χ2v) is 20.2. The molecule has 0 spiro atoms. The van der Waals surface area contributed by atoms with Gasteiger partial charge >= 0.3 is 11.9 Å². The maximum Gasteiger partial charge on any atom is 0.320 e. The highest BCUT2D eigenvalue weighted by atomic mass is 16.6. The number of unbranched alkanes of at least 4 members (excludes halogenated alkanes) is 30. The van der Waals surface area contributed by atoms with E-state index < -0.39 is 17.9 Å². The number of hydrogen-bond donors (Lipinski definition) is 1. The van der Waals surface area contributed by atoms with E-state index in [0.717, 1.165) is 49.7 Å². The summed E-state index contributed by atoms with van der Waals surface area (Å²) in [6, 6.07) is 4.03. The molecular formula is C54H98O5. The van der Waals surface area contributed by atoms with Crippen LogP contribution in [0.4, 0.5) is 0 Å². The van der Waals surface area contributed by atoms with Crippen LogP contribution in [-0.4, -0.2) is 30.3 Å². The highest BCUT2D eigenvalue weighted by Crippen LogP contribution is 2.39. The first-order chi connectivity index (χ1) is 28.3. The average Bonchev–Trinajstić information content (AvgIpc) is 3.18. The molecule has 59 heavy (non-hydrogen) atoms. The van der Waals surface area contributed by atoms with E-state index in [1.165, 1.54) is 167 Å². The lowest BCUT2D eigenvalue weighted by molar-refractivity contribution is -0.162. The lowest BCUT2D eigenvalue weighted by Crippen LogP contribution is -2.31. The molecule has 0 aliphatic rings. The molecule has 0 heterocycles. The van der Waals surface area contributed by atoms with Crippen molar-refractivity contribution < 1.29 is 24.2 Å². The summed E-state index contributed by atoms with van der Waals surface area (Å²) in [4.78, 5) is 27.2.